The van der Waals surface area contributed by atoms with Gasteiger partial charge in [0.05, 0.1) is 17.7 Å². The highest BCUT2D eigenvalue weighted by Crippen LogP contribution is 2.32. The smallest absolute Gasteiger partial charge is 0.264 e. The number of anilines is 1. The maximum atomic E-state index is 14.5. The molecule has 1 atom stereocenters. The summed E-state index contributed by atoms with van der Waals surface area (Å²) in [5, 5.41) is 2.95. The second-order valence-corrected chi connectivity index (χ2v) is 12.4. The highest BCUT2D eigenvalue weighted by molar-refractivity contribution is 7.92. The molecule has 4 rings (SSSR count). The molecule has 236 valence electrons. The van der Waals surface area contributed by atoms with Crippen molar-refractivity contribution in [2.24, 2.45) is 0 Å². The van der Waals surface area contributed by atoms with Crippen LogP contribution in [0.3, 0.4) is 0 Å². The summed E-state index contributed by atoms with van der Waals surface area (Å²) in [6.45, 7) is 1.77. The number of carbonyl (C=O) groups is 2. The van der Waals surface area contributed by atoms with Gasteiger partial charge in [0.2, 0.25) is 11.8 Å². The van der Waals surface area contributed by atoms with Crippen molar-refractivity contribution < 1.29 is 27.1 Å². The Morgan fingerprint density at radius 1 is 0.844 bits per heavy atom. The average Bonchev–Trinajstić information content (AvgIpc) is 3.06. The summed E-state index contributed by atoms with van der Waals surface area (Å²) in [5.74, 6) is -1.16. The van der Waals surface area contributed by atoms with Crippen molar-refractivity contribution in [2.45, 2.75) is 43.7 Å². The van der Waals surface area contributed by atoms with Crippen LogP contribution in [-0.2, 0) is 32.6 Å². The molecular weight excluding hydrogens is 593 g/mol. The Morgan fingerprint density at radius 2 is 1.47 bits per heavy atom. The summed E-state index contributed by atoms with van der Waals surface area (Å²) in [6, 6.07) is 28.3. The molecular formula is C35H38FN3O5S. The number of carbonyl (C=O) groups excluding carboxylic acids is 2. The number of unbranched alkanes of at least 4 members (excludes halogenated alkanes) is 1. The number of rotatable bonds is 15. The Bertz CT molecular complexity index is 1650. The van der Waals surface area contributed by atoms with E-state index in [2.05, 4.69) is 5.32 Å². The molecule has 0 radical (unpaired) electrons. The number of hydrogen-bond acceptors (Lipinski definition) is 5. The molecule has 4 aromatic carbocycles. The zero-order valence-electron chi connectivity index (χ0n) is 25.4. The molecule has 0 aliphatic carbocycles. The van der Waals surface area contributed by atoms with Crippen LogP contribution < -0.4 is 14.4 Å². The van der Waals surface area contributed by atoms with Crippen molar-refractivity contribution in [1.82, 2.24) is 10.2 Å². The van der Waals surface area contributed by atoms with E-state index in [1.54, 1.807) is 54.6 Å². The molecule has 10 heteroatoms. The number of nitrogens with zero attached hydrogens (tertiary/aromatic N) is 2. The number of halogens is 1. The molecule has 0 fully saturated rings. The second-order valence-electron chi connectivity index (χ2n) is 10.5. The Balaban J connectivity index is 1.80. The van der Waals surface area contributed by atoms with Crippen LogP contribution >= 0.6 is 0 Å². The van der Waals surface area contributed by atoms with Crippen molar-refractivity contribution in [3.8, 4) is 5.75 Å². The molecule has 4 aromatic rings. The third-order valence-corrected chi connectivity index (χ3v) is 9.10. The van der Waals surface area contributed by atoms with Gasteiger partial charge in [-0.2, -0.15) is 0 Å². The monoisotopic (exact) mass is 631 g/mol. The first kappa shape index (κ1) is 33.2. The summed E-state index contributed by atoms with van der Waals surface area (Å²) >= 11 is 0. The first-order valence-electron chi connectivity index (χ1n) is 14.8. The summed E-state index contributed by atoms with van der Waals surface area (Å²) in [6.07, 6.45) is 1.81. The van der Waals surface area contributed by atoms with Gasteiger partial charge in [0.25, 0.3) is 10.0 Å². The minimum atomic E-state index is -4.26. The molecule has 0 saturated carbocycles. The van der Waals surface area contributed by atoms with E-state index in [-0.39, 0.29) is 35.2 Å². The SMILES string of the molecule is CCCCNC(=O)[C@@H](Cc1ccccc1)N(Cc1ccc(F)cc1)C(=O)CN(c1ccccc1OC)S(=O)(=O)c1ccccc1. The van der Waals surface area contributed by atoms with Crippen molar-refractivity contribution >= 4 is 27.5 Å². The lowest BCUT2D eigenvalue weighted by atomic mass is 10.0. The Morgan fingerprint density at radius 3 is 2.11 bits per heavy atom. The van der Waals surface area contributed by atoms with E-state index in [1.807, 2.05) is 37.3 Å². The molecule has 0 aliphatic heterocycles. The van der Waals surface area contributed by atoms with Crippen LogP contribution in [0.5, 0.6) is 5.75 Å². The summed E-state index contributed by atoms with van der Waals surface area (Å²) < 4.78 is 48.5. The molecule has 2 amide bonds. The number of para-hydroxylation sites is 2. The highest BCUT2D eigenvalue weighted by atomic mass is 32.2. The third kappa shape index (κ3) is 8.69. The normalized spacial score (nSPS) is 11.8. The van der Waals surface area contributed by atoms with E-state index in [0.29, 0.717) is 12.1 Å². The minimum Gasteiger partial charge on any atom is -0.495 e. The fourth-order valence-electron chi connectivity index (χ4n) is 4.92. The molecule has 1 N–H and O–H groups in total. The summed E-state index contributed by atoms with van der Waals surface area (Å²) in [4.78, 5) is 29.6. The fourth-order valence-corrected chi connectivity index (χ4v) is 6.36. The molecule has 0 aliphatic rings. The number of ether oxygens (including phenoxy) is 1. The van der Waals surface area contributed by atoms with Gasteiger partial charge in [-0.05, 0) is 53.9 Å². The van der Waals surface area contributed by atoms with Gasteiger partial charge in [-0.25, -0.2) is 12.8 Å². The quantitative estimate of drug-likeness (QED) is 0.173. The number of hydrogen-bond donors (Lipinski definition) is 1. The minimum absolute atomic E-state index is 0.00747. The maximum absolute atomic E-state index is 14.5. The lowest BCUT2D eigenvalue weighted by molar-refractivity contribution is -0.140. The Kier molecular flexibility index (Phi) is 11.7. The van der Waals surface area contributed by atoms with Gasteiger partial charge in [-0.3, -0.25) is 13.9 Å². The van der Waals surface area contributed by atoms with Crippen LogP contribution in [0.25, 0.3) is 0 Å². The molecule has 0 unspecified atom stereocenters. The fraction of sp³-hybridized carbons (Fsp3) is 0.257. The second kappa shape index (κ2) is 15.9. The summed E-state index contributed by atoms with van der Waals surface area (Å²) in [5.41, 5.74) is 1.58. The van der Waals surface area contributed by atoms with Gasteiger partial charge in [0, 0.05) is 19.5 Å². The van der Waals surface area contributed by atoms with E-state index in [4.69, 9.17) is 4.74 Å². The van der Waals surface area contributed by atoms with Crippen LogP contribution in [0.4, 0.5) is 10.1 Å². The zero-order valence-corrected chi connectivity index (χ0v) is 26.3. The number of amides is 2. The number of nitrogens with one attached hydrogen (secondary N) is 1. The van der Waals surface area contributed by atoms with Crippen molar-refractivity contribution in [1.29, 1.82) is 0 Å². The van der Waals surface area contributed by atoms with Gasteiger partial charge < -0.3 is 15.0 Å². The predicted octanol–water partition coefficient (Wildman–Crippen LogP) is 5.59. The summed E-state index contributed by atoms with van der Waals surface area (Å²) in [7, 11) is -2.84. The van der Waals surface area contributed by atoms with Crippen LogP contribution in [0, 0.1) is 5.82 Å². The van der Waals surface area contributed by atoms with Crippen molar-refractivity contribution in [2.75, 3.05) is 24.5 Å². The molecule has 45 heavy (non-hydrogen) atoms. The Hall–Kier alpha value is -4.70. The van der Waals surface area contributed by atoms with Gasteiger partial charge in [0.1, 0.15) is 24.2 Å². The molecule has 0 saturated heterocycles. The predicted molar refractivity (Wildman–Crippen MR) is 173 cm³/mol. The topological polar surface area (TPSA) is 96.0 Å². The first-order valence-corrected chi connectivity index (χ1v) is 16.2. The lowest BCUT2D eigenvalue weighted by Gasteiger charge is -2.34. The van der Waals surface area contributed by atoms with E-state index >= 15 is 0 Å². The van der Waals surface area contributed by atoms with Gasteiger partial charge in [-0.1, -0.05) is 86.1 Å². The van der Waals surface area contributed by atoms with Crippen LogP contribution in [0.2, 0.25) is 0 Å². The third-order valence-electron chi connectivity index (χ3n) is 7.33. The molecule has 8 nitrogen and oxygen atoms in total. The standard InChI is InChI=1S/C35H38FN3O5S/c1-3-4-23-37-35(41)32(24-27-13-7-5-8-14-27)38(25-28-19-21-29(36)22-20-28)34(40)26-39(31-17-11-12-18-33(31)44-2)45(42,43)30-15-9-6-10-16-30/h5-22,32H,3-4,23-26H2,1-2H3,(H,37,41)/t32-/m1/s1. The maximum Gasteiger partial charge on any atom is 0.264 e. The van der Waals surface area contributed by atoms with Gasteiger partial charge >= 0.3 is 0 Å². The van der Waals surface area contributed by atoms with Gasteiger partial charge in [0.15, 0.2) is 0 Å². The molecule has 0 bridgehead atoms. The highest BCUT2D eigenvalue weighted by Gasteiger charge is 2.35. The number of benzene rings is 4. The number of methoxy groups -OCH3 is 1. The van der Waals surface area contributed by atoms with E-state index < -0.39 is 34.3 Å². The van der Waals surface area contributed by atoms with Crippen LogP contribution in [0.15, 0.2) is 114 Å². The van der Waals surface area contributed by atoms with Crippen LogP contribution in [-0.4, -0.2) is 51.4 Å². The van der Waals surface area contributed by atoms with E-state index in [0.717, 1.165) is 22.7 Å². The van der Waals surface area contributed by atoms with E-state index in [9.17, 15) is 22.4 Å². The van der Waals surface area contributed by atoms with Crippen molar-refractivity contribution in [3.63, 3.8) is 0 Å². The zero-order chi connectivity index (χ0) is 32.2. The average molecular weight is 632 g/mol. The first-order chi connectivity index (χ1) is 21.7. The molecule has 0 spiro atoms. The van der Waals surface area contributed by atoms with Crippen molar-refractivity contribution in [3.05, 3.63) is 126 Å². The number of sulfonamides is 1. The molecule has 0 heterocycles. The molecule has 0 aromatic heterocycles. The lowest BCUT2D eigenvalue weighted by Crippen LogP contribution is -2.53. The van der Waals surface area contributed by atoms with Gasteiger partial charge in [-0.15, -0.1) is 0 Å². The largest absolute Gasteiger partial charge is 0.495 e. The Labute approximate surface area is 264 Å². The van der Waals surface area contributed by atoms with Crippen LogP contribution in [0.1, 0.15) is 30.9 Å². The van der Waals surface area contributed by atoms with E-state index in [1.165, 1.54) is 36.3 Å².